The standard InChI is InChI=1S/C18H19F4N3O2/c19-13-6-4-11(5-7-13)17-24-16(27-25-17)9-8-15(26)23-14-3-1-2-12(10-14)18(20,21)22/h4-7,12,14H,1-3,8-10H2,(H,23,26)/t12-,14-/m0/s1. The van der Waals surface area contributed by atoms with E-state index in [1.807, 2.05) is 0 Å². The van der Waals surface area contributed by atoms with Gasteiger partial charge in [-0.3, -0.25) is 4.79 Å². The minimum Gasteiger partial charge on any atom is -0.353 e. The van der Waals surface area contributed by atoms with Crippen molar-refractivity contribution in [3.8, 4) is 11.4 Å². The average molecular weight is 385 g/mol. The summed E-state index contributed by atoms with van der Waals surface area (Å²) in [5.74, 6) is -1.56. The summed E-state index contributed by atoms with van der Waals surface area (Å²) < 4.78 is 56.5. The zero-order chi connectivity index (χ0) is 19.4. The highest BCUT2D eigenvalue weighted by Gasteiger charge is 2.42. The van der Waals surface area contributed by atoms with E-state index in [0.717, 1.165) is 0 Å². The lowest BCUT2D eigenvalue weighted by molar-refractivity contribution is -0.184. The zero-order valence-corrected chi connectivity index (χ0v) is 14.4. The van der Waals surface area contributed by atoms with Gasteiger partial charge in [-0.15, -0.1) is 0 Å². The van der Waals surface area contributed by atoms with Gasteiger partial charge in [0.1, 0.15) is 5.82 Å². The highest BCUT2D eigenvalue weighted by molar-refractivity contribution is 5.76. The number of nitrogens with zero attached hydrogens (tertiary/aromatic N) is 2. The molecule has 9 heteroatoms. The lowest BCUT2D eigenvalue weighted by Crippen LogP contribution is -2.41. The van der Waals surface area contributed by atoms with E-state index in [0.29, 0.717) is 18.4 Å². The van der Waals surface area contributed by atoms with Crippen molar-refractivity contribution in [2.45, 2.75) is 50.7 Å². The van der Waals surface area contributed by atoms with Gasteiger partial charge >= 0.3 is 6.18 Å². The van der Waals surface area contributed by atoms with Gasteiger partial charge in [-0.05, 0) is 43.5 Å². The average Bonchev–Trinajstić information content (AvgIpc) is 3.09. The Labute approximate surface area is 153 Å². The van der Waals surface area contributed by atoms with E-state index in [4.69, 9.17) is 4.52 Å². The number of nitrogens with one attached hydrogen (secondary N) is 1. The second-order valence-electron chi connectivity index (χ2n) is 6.69. The smallest absolute Gasteiger partial charge is 0.353 e. The van der Waals surface area contributed by atoms with Crippen molar-refractivity contribution < 1.29 is 26.9 Å². The number of aromatic nitrogens is 2. The van der Waals surface area contributed by atoms with Gasteiger partial charge in [0.25, 0.3) is 0 Å². The first kappa shape index (κ1) is 19.3. The summed E-state index contributed by atoms with van der Waals surface area (Å²) in [7, 11) is 0. The summed E-state index contributed by atoms with van der Waals surface area (Å²) >= 11 is 0. The minimum atomic E-state index is -4.22. The van der Waals surface area contributed by atoms with Crippen molar-refractivity contribution >= 4 is 5.91 Å². The lowest BCUT2D eigenvalue weighted by Gasteiger charge is -2.31. The van der Waals surface area contributed by atoms with Gasteiger partial charge in [0, 0.05) is 24.4 Å². The molecule has 0 bridgehead atoms. The Kier molecular flexibility index (Phi) is 5.76. The monoisotopic (exact) mass is 385 g/mol. The summed E-state index contributed by atoms with van der Waals surface area (Å²) in [6.07, 6.45) is -2.97. The molecule has 0 spiro atoms. The zero-order valence-electron chi connectivity index (χ0n) is 14.4. The van der Waals surface area contributed by atoms with Crippen LogP contribution in [0.25, 0.3) is 11.4 Å². The fourth-order valence-electron chi connectivity index (χ4n) is 3.21. The van der Waals surface area contributed by atoms with Crippen LogP contribution in [0.4, 0.5) is 17.6 Å². The maximum absolute atomic E-state index is 12.9. The lowest BCUT2D eigenvalue weighted by atomic mass is 9.85. The molecule has 146 valence electrons. The van der Waals surface area contributed by atoms with Crippen LogP contribution in [-0.4, -0.2) is 28.3 Å². The fraction of sp³-hybridized carbons (Fsp3) is 0.500. The predicted octanol–water partition coefficient (Wildman–Crippen LogP) is 4.05. The molecule has 1 saturated carbocycles. The van der Waals surface area contributed by atoms with Gasteiger partial charge < -0.3 is 9.84 Å². The van der Waals surface area contributed by atoms with Crippen molar-refractivity contribution in [2.75, 3.05) is 0 Å². The Bertz CT molecular complexity index is 774. The third-order valence-electron chi connectivity index (χ3n) is 4.64. The summed E-state index contributed by atoms with van der Waals surface area (Å²) in [6, 6.07) is 5.11. The molecule has 0 unspecified atom stereocenters. The Morgan fingerprint density at radius 3 is 2.67 bits per heavy atom. The van der Waals surface area contributed by atoms with Gasteiger partial charge in [0.05, 0.1) is 5.92 Å². The van der Waals surface area contributed by atoms with Crippen LogP contribution in [0.3, 0.4) is 0 Å². The third-order valence-corrected chi connectivity index (χ3v) is 4.64. The molecule has 5 nitrogen and oxygen atoms in total. The number of amides is 1. The van der Waals surface area contributed by atoms with Crippen LogP contribution in [-0.2, 0) is 11.2 Å². The van der Waals surface area contributed by atoms with Crippen molar-refractivity contribution in [2.24, 2.45) is 5.92 Å². The SMILES string of the molecule is O=C(CCc1nc(-c2ccc(F)cc2)no1)N[C@H]1CCC[C@H](C(F)(F)F)C1. The summed E-state index contributed by atoms with van der Waals surface area (Å²) in [4.78, 5) is 16.2. The maximum atomic E-state index is 12.9. The molecule has 2 aromatic rings. The van der Waals surface area contributed by atoms with Crippen LogP contribution in [0.2, 0.25) is 0 Å². The van der Waals surface area contributed by atoms with E-state index in [9.17, 15) is 22.4 Å². The first-order valence-electron chi connectivity index (χ1n) is 8.76. The van der Waals surface area contributed by atoms with E-state index >= 15 is 0 Å². The van der Waals surface area contributed by atoms with Crippen molar-refractivity contribution in [1.82, 2.24) is 15.5 Å². The molecule has 1 aliphatic carbocycles. The Morgan fingerprint density at radius 2 is 1.96 bits per heavy atom. The maximum Gasteiger partial charge on any atom is 0.391 e. The number of halogens is 4. The molecule has 3 rings (SSSR count). The second-order valence-corrected chi connectivity index (χ2v) is 6.69. The molecule has 0 radical (unpaired) electrons. The quantitative estimate of drug-likeness (QED) is 0.789. The second kappa shape index (κ2) is 8.06. The molecule has 1 aromatic carbocycles. The molecule has 2 atom stereocenters. The van der Waals surface area contributed by atoms with Crippen molar-refractivity contribution in [3.05, 3.63) is 36.0 Å². The fourth-order valence-corrected chi connectivity index (χ4v) is 3.21. The van der Waals surface area contributed by atoms with Crippen LogP contribution < -0.4 is 5.32 Å². The van der Waals surface area contributed by atoms with E-state index in [2.05, 4.69) is 15.5 Å². The third kappa shape index (κ3) is 5.27. The molecule has 1 aromatic heterocycles. The van der Waals surface area contributed by atoms with Crippen molar-refractivity contribution in [1.29, 1.82) is 0 Å². The molecule has 1 aliphatic rings. The summed E-state index contributed by atoms with van der Waals surface area (Å²) in [6.45, 7) is 0. The van der Waals surface area contributed by atoms with Crippen molar-refractivity contribution in [3.63, 3.8) is 0 Å². The normalized spacial score (nSPS) is 20.4. The number of carbonyl (C=O) groups is 1. The van der Waals surface area contributed by atoms with Gasteiger partial charge in [-0.1, -0.05) is 11.6 Å². The highest BCUT2D eigenvalue weighted by Crippen LogP contribution is 2.37. The molecule has 1 amide bonds. The molecule has 0 aliphatic heterocycles. The molecular formula is C18H19F4N3O2. The van der Waals surface area contributed by atoms with E-state index in [-0.39, 0.29) is 49.1 Å². The first-order chi connectivity index (χ1) is 12.8. The predicted molar refractivity (Wildman–Crippen MR) is 88.0 cm³/mol. The van der Waals surface area contributed by atoms with Gasteiger partial charge in [-0.2, -0.15) is 18.2 Å². The number of hydrogen-bond acceptors (Lipinski definition) is 4. The molecule has 27 heavy (non-hydrogen) atoms. The topological polar surface area (TPSA) is 68.0 Å². The molecule has 1 fully saturated rings. The molecule has 0 saturated heterocycles. The number of alkyl halides is 3. The molecule has 1 heterocycles. The number of carbonyl (C=O) groups excluding carboxylic acids is 1. The molecule has 1 N–H and O–H groups in total. The van der Waals surface area contributed by atoms with E-state index in [1.54, 1.807) is 0 Å². The van der Waals surface area contributed by atoms with Crippen LogP contribution in [0.15, 0.2) is 28.8 Å². The Morgan fingerprint density at radius 1 is 1.22 bits per heavy atom. The Hall–Kier alpha value is -2.45. The van der Waals surface area contributed by atoms with E-state index < -0.39 is 18.1 Å². The van der Waals surface area contributed by atoms with Gasteiger partial charge in [0.2, 0.25) is 17.6 Å². The summed E-state index contributed by atoms with van der Waals surface area (Å²) in [5, 5.41) is 6.45. The van der Waals surface area contributed by atoms with Crippen LogP contribution in [0, 0.1) is 11.7 Å². The Balaban J connectivity index is 1.49. The van der Waals surface area contributed by atoms with Crippen LogP contribution in [0.5, 0.6) is 0 Å². The number of aryl methyl sites for hydroxylation is 1. The van der Waals surface area contributed by atoms with Crippen LogP contribution >= 0.6 is 0 Å². The summed E-state index contributed by atoms with van der Waals surface area (Å²) in [5.41, 5.74) is 0.580. The first-order valence-corrected chi connectivity index (χ1v) is 8.76. The van der Waals surface area contributed by atoms with Gasteiger partial charge in [0.15, 0.2) is 0 Å². The largest absolute Gasteiger partial charge is 0.391 e. The van der Waals surface area contributed by atoms with Gasteiger partial charge in [-0.25, -0.2) is 4.39 Å². The minimum absolute atomic E-state index is 0.0399. The van der Waals surface area contributed by atoms with E-state index in [1.165, 1.54) is 24.3 Å². The highest BCUT2D eigenvalue weighted by atomic mass is 19.4. The molecular weight excluding hydrogens is 366 g/mol. The van der Waals surface area contributed by atoms with Crippen LogP contribution in [0.1, 0.15) is 38.0 Å². The number of rotatable bonds is 5. The number of hydrogen-bond donors (Lipinski definition) is 1. The number of benzene rings is 1.